The predicted octanol–water partition coefficient (Wildman–Crippen LogP) is 1.98. The molecule has 2 heterocycles. The maximum absolute atomic E-state index is 5.43. The minimum absolute atomic E-state index is 0.475. The standard InChI is InChI=1S/C10H13NO2/c1-7(2)8-5-9-10(11-6-8)13-4-3-12-9/h5-7H,3-4H2,1-2H3. The van der Waals surface area contributed by atoms with Gasteiger partial charge in [0.25, 0.3) is 5.88 Å². The molecule has 3 nitrogen and oxygen atoms in total. The second-order valence-corrected chi connectivity index (χ2v) is 3.42. The van der Waals surface area contributed by atoms with Crippen LogP contribution in [0.15, 0.2) is 12.3 Å². The average Bonchev–Trinajstić information content (AvgIpc) is 2.17. The van der Waals surface area contributed by atoms with Gasteiger partial charge in [-0.3, -0.25) is 0 Å². The third kappa shape index (κ3) is 1.59. The average molecular weight is 179 g/mol. The van der Waals surface area contributed by atoms with Gasteiger partial charge in [-0.25, -0.2) is 4.98 Å². The minimum atomic E-state index is 0.475. The number of ether oxygens (including phenoxy) is 2. The molecule has 0 spiro atoms. The summed E-state index contributed by atoms with van der Waals surface area (Å²) in [6, 6.07) is 2.01. The number of nitrogens with zero attached hydrogens (tertiary/aromatic N) is 1. The van der Waals surface area contributed by atoms with Crippen LogP contribution in [0.1, 0.15) is 25.3 Å². The number of hydrogen-bond donors (Lipinski definition) is 0. The summed E-state index contributed by atoms with van der Waals surface area (Å²) in [6.45, 7) is 5.48. The second kappa shape index (κ2) is 3.24. The molecule has 0 aliphatic carbocycles. The van der Waals surface area contributed by atoms with Gasteiger partial charge in [0.2, 0.25) is 0 Å². The fourth-order valence-electron chi connectivity index (χ4n) is 1.26. The molecule has 1 aliphatic heterocycles. The van der Waals surface area contributed by atoms with Crippen molar-refractivity contribution in [2.75, 3.05) is 13.2 Å². The van der Waals surface area contributed by atoms with E-state index >= 15 is 0 Å². The topological polar surface area (TPSA) is 31.4 Å². The Morgan fingerprint density at radius 1 is 1.31 bits per heavy atom. The first kappa shape index (κ1) is 8.35. The third-order valence-electron chi connectivity index (χ3n) is 2.09. The molecule has 0 saturated carbocycles. The predicted molar refractivity (Wildman–Crippen MR) is 49.3 cm³/mol. The van der Waals surface area contributed by atoms with Crippen molar-refractivity contribution in [1.29, 1.82) is 0 Å². The molecule has 70 valence electrons. The van der Waals surface area contributed by atoms with E-state index in [0.717, 1.165) is 5.75 Å². The zero-order valence-electron chi connectivity index (χ0n) is 7.91. The molecule has 1 aromatic heterocycles. The molecule has 0 saturated heterocycles. The van der Waals surface area contributed by atoms with Gasteiger partial charge in [0, 0.05) is 6.20 Å². The molecule has 13 heavy (non-hydrogen) atoms. The minimum Gasteiger partial charge on any atom is -0.484 e. The van der Waals surface area contributed by atoms with E-state index in [1.165, 1.54) is 5.56 Å². The molecule has 1 aliphatic rings. The van der Waals surface area contributed by atoms with Crippen molar-refractivity contribution < 1.29 is 9.47 Å². The Hall–Kier alpha value is -1.25. The van der Waals surface area contributed by atoms with Crippen molar-refractivity contribution in [3.8, 4) is 11.6 Å². The lowest BCUT2D eigenvalue weighted by Crippen LogP contribution is -2.16. The summed E-state index contributed by atoms with van der Waals surface area (Å²) in [6.07, 6.45) is 1.85. The Labute approximate surface area is 77.7 Å². The van der Waals surface area contributed by atoms with Gasteiger partial charge in [0.15, 0.2) is 5.75 Å². The van der Waals surface area contributed by atoms with E-state index in [9.17, 15) is 0 Å². The lowest BCUT2D eigenvalue weighted by molar-refractivity contribution is 0.164. The highest BCUT2D eigenvalue weighted by Gasteiger charge is 2.13. The van der Waals surface area contributed by atoms with E-state index in [1.54, 1.807) is 0 Å². The zero-order chi connectivity index (χ0) is 9.26. The quantitative estimate of drug-likeness (QED) is 0.660. The van der Waals surface area contributed by atoms with Gasteiger partial charge in [-0.05, 0) is 17.5 Å². The van der Waals surface area contributed by atoms with E-state index in [0.29, 0.717) is 25.0 Å². The maximum atomic E-state index is 5.43. The number of pyridine rings is 1. The lowest BCUT2D eigenvalue weighted by atomic mass is 10.1. The van der Waals surface area contributed by atoms with Crippen molar-refractivity contribution in [2.45, 2.75) is 19.8 Å². The summed E-state index contributed by atoms with van der Waals surface area (Å²) >= 11 is 0. The summed E-state index contributed by atoms with van der Waals surface area (Å²) in [5.41, 5.74) is 1.18. The second-order valence-electron chi connectivity index (χ2n) is 3.42. The molecule has 0 amide bonds. The van der Waals surface area contributed by atoms with Crippen LogP contribution in [-0.4, -0.2) is 18.2 Å². The first-order valence-electron chi connectivity index (χ1n) is 4.53. The van der Waals surface area contributed by atoms with Crippen molar-refractivity contribution in [2.24, 2.45) is 0 Å². The molecular formula is C10H13NO2. The van der Waals surface area contributed by atoms with Gasteiger partial charge >= 0.3 is 0 Å². The Morgan fingerprint density at radius 3 is 2.85 bits per heavy atom. The Bertz CT molecular complexity index is 310. The van der Waals surface area contributed by atoms with Crippen LogP contribution < -0.4 is 9.47 Å². The molecule has 2 rings (SSSR count). The van der Waals surface area contributed by atoms with Crippen LogP contribution in [0.3, 0.4) is 0 Å². The fraction of sp³-hybridized carbons (Fsp3) is 0.500. The highest BCUT2D eigenvalue weighted by molar-refractivity contribution is 5.38. The van der Waals surface area contributed by atoms with Crippen LogP contribution in [0.2, 0.25) is 0 Å². The normalized spacial score (nSPS) is 14.7. The van der Waals surface area contributed by atoms with Gasteiger partial charge in [0.05, 0.1) is 0 Å². The fourth-order valence-corrected chi connectivity index (χ4v) is 1.26. The van der Waals surface area contributed by atoms with Gasteiger partial charge in [-0.2, -0.15) is 0 Å². The van der Waals surface area contributed by atoms with Gasteiger partial charge in [0.1, 0.15) is 13.2 Å². The van der Waals surface area contributed by atoms with Crippen LogP contribution in [-0.2, 0) is 0 Å². The molecule has 0 atom stereocenters. The Kier molecular flexibility index (Phi) is 2.08. The summed E-state index contributed by atoms with van der Waals surface area (Å²) in [4.78, 5) is 4.19. The van der Waals surface area contributed by atoms with Crippen LogP contribution in [0.4, 0.5) is 0 Å². The van der Waals surface area contributed by atoms with Crippen LogP contribution in [0.25, 0.3) is 0 Å². The molecular weight excluding hydrogens is 166 g/mol. The number of aromatic nitrogens is 1. The third-order valence-corrected chi connectivity index (χ3v) is 2.09. The summed E-state index contributed by atoms with van der Waals surface area (Å²) in [5, 5.41) is 0. The van der Waals surface area contributed by atoms with Crippen molar-refractivity contribution in [1.82, 2.24) is 4.98 Å². The Balaban J connectivity index is 2.35. The first-order valence-corrected chi connectivity index (χ1v) is 4.53. The van der Waals surface area contributed by atoms with Crippen molar-refractivity contribution in [3.63, 3.8) is 0 Å². The van der Waals surface area contributed by atoms with E-state index in [2.05, 4.69) is 18.8 Å². The zero-order valence-corrected chi connectivity index (χ0v) is 7.91. The van der Waals surface area contributed by atoms with Crippen molar-refractivity contribution >= 4 is 0 Å². The van der Waals surface area contributed by atoms with Gasteiger partial charge in [-0.15, -0.1) is 0 Å². The summed E-state index contributed by atoms with van der Waals surface area (Å²) in [7, 11) is 0. The van der Waals surface area contributed by atoms with Crippen LogP contribution in [0, 0.1) is 0 Å². The molecule has 1 aromatic rings. The number of fused-ring (bicyclic) bond motifs is 1. The highest BCUT2D eigenvalue weighted by Crippen LogP contribution is 2.30. The maximum Gasteiger partial charge on any atom is 0.257 e. The lowest BCUT2D eigenvalue weighted by Gasteiger charge is -2.18. The Morgan fingerprint density at radius 2 is 2.08 bits per heavy atom. The molecule has 0 unspecified atom stereocenters. The monoisotopic (exact) mass is 179 g/mol. The first-order chi connectivity index (χ1) is 6.27. The van der Waals surface area contributed by atoms with E-state index < -0.39 is 0 Å². The highest BCUT2D eigenvalue weighted by atomic mass is 16.6. The molecule has 0 bridgehead atoms. The molecule has 0 radical (unpaired) electrons. The van der Waals surface area contributed by atoms with Crippen molar-refractivity contribution in [3.05, 3.63) is 17.8 Å². The molecule has 0 N–H and O–H groups in total. The number of hydrogen-bond acceptors (Lipinski definition) is 3. The van der Waals surface area contributed by atoms with E-state index in [-0.39, 0.29) is 0 Å². The molecule has 0 aromatic carbocycles. The molecule has 3 heteroatoms. The van der Waals surface area contributed by atoms with Gasteiger partial charge in [-0.1, -0.05) is 13.8 Å². The summed E-state index contributed by atoms with van der Waals surface area (Å²) < 4.78 is 10.7. The van der Waals surface area contributed by atoms with Gasteiger partial charge < -0.3 is 9.47 Å². The summed E-state index contributed by atoms with van der Waals surface area (Å²) in [5.74, 6) is 1.87. The number of rotatable bonds is 1. The SMILES string of the molecule is CC(C)c1cnc2c(c1)OCCO2. The smallest absolute Gasteiger partial charge is 0.257 e. The molecule has 0 fully saturated rings. The largest absolute Gasteiger partial charge is 0.484 e. The van der Waals surface area contributed by atoms with E-state index in [4.69, 9.17) is 9.47 Å². The van der Waals surface area contributed by atoms with E-state index in [1.807, 2.05) is 12.3 Å². The van der Waals surface area contributed by atoms with Crippen LogP contribution >= 0.6 is 0 Å². The van der Waals surface area contributed by atoms with Crippen LogP contribution in [0.5, 0.6) is 11.6 Å².